The van der Waals surface area contributed by atoms with Crippen LogP contribution in [-0.2, 0) is 4.74 Å². The molecular weight excluding hydrogens is 240 g/mol. The molecule has 0 spiro atoms. The minimum absolute atomic E-state index is 0.162. The molecule has 4 heteroatoms. The second kappa shape index (κ2) is 7.73. The van der Waals surface area contributed by atoms with Crippen LogP contribution in [0.1, 0.15) is 59.8 Å². The standard InChI is InChI=1S/C15H30N2O2/c1-5-6-7-10-16-11-12-17(13-8-9-13)14(18)19-15(2,3)4/h13,16H,5-12H2,1-4H3. The molecule has 1 N–H and O–H groups in total. The minimum Gasteiger partial charge on any atom is -0.444 e. The highest BCUT2D eigenvalue weighted by Gasteiger charge is 2.34. The summed E-state index contributed by atoms with van der Waals surface area (Å²) in [7, 11) is 0. The molecule has 0 aromatic heterocycles. The molecule has 0 bridgehead atoms. The first-order chi connectivity index (χ1) is 8.94. The van der Waals surface area contributed by atoms with E-state index in [9.17, 15) is 4.79 Å². The number of unbranched alkanes of at least 4 members (excludes halogenated alkanes) is 2. The predicted molar refractivity (Wildman–Crippen MR) is 78.4 cm³/mol. The Balaban J connectivity index is 2.23. The Bertz CT molecular complexity index is 270. The van der Waals surface area contributed by atoms with Gasteiger partial charge in [-0.3, -0.25) is 0 Å². The third-order valence-corrected chi connectivity index (χ3v) is 3.10. The minimum atomic E-state index is -0.404. The van der Waals surface area contributed by atoms with E-state index in [1.807, 2.05) is 25.7 Å². The number of nitrogens with zero attached hydrogens (tertiary/aromatic N) is 1. The monoisotopic (exact) mass is 270 g/mol. The predicted octanol–water partition coefficient (Wildman–Crippen LogP) is 3.17. The molecule has 1 aliphatic carbocycles. The van der Waals surface area contributed by atoms with E-state index in [2.05, 4.69) is 12.2 Å². The van der Waals surface area contributed by atoms with Gasteiger partial charge in [-0.05, 0) is 46.6 Å². The van der Waals surface area contributed by atoms with Crippen molar-refractivity contribution in [3.8, 4) is 0 Å². The topological polar surface area (TPSA) is 41.6 Å². The zero-order valence-corrected chi connectivity index (χ0v) is 13.0. The molecule has 112 valence electrons. The Labute approximate surface area is 117 Å². The lowest BCUT2D eigenvalue weighted by Gasteiger charge is -2.27. The van der Waals surface area contributed by atoms with Gasteiger partial charge in [0.1, 0.15) is 5.60 Å². The summed E-state index contributed by atoms with van der Waals surface area (Å²) in [4.78, 5) is 14.0. The van der Waals surface area contributed by atoms with Crippen LogP contribution in [0.25, 0.3) is 0 Å². The van der Waals surface area contributed by atoms with Crippen molar-refractivity contribution in [1.29, 1.82) is 0 Å². The van der Waals surface area contributed by atoms with Crippen LogP contribution in [-0.4, -0.2) is 42.3 Å². The Morgan fingerprint density at radius 3 is 2.47 bits per heavy atom. The summed E-state index contributed by atoms with van der Waals surface area (Å²) >= 11 is 0. The average molecular weight is 270 g/mol. The molecule has 0 atom stereocenters. The van der Waals surface area contributed by atoms with Crippen LogP contribution < -0.4 is 5.32 Å². The molecule has 1 fully saturated rings. The van der Waals surface area contributed by atoms with Gasteiger partial charge in [-0.15, -0.1) is 0 Å². The summed E-state index contributed by atoms with van der Waals surface area (Å²) in [5, 5.41) is 3.40. The Hall–Kier alpha value is -0.770. The van der Waals surface area contributed by atoms with E-state index in [0.29, 0.717) is 6.04 Å². The third-order valence-electron chi connectivity index (χ3n) is 3.10. The summed E-state index contributed by atoms with van der Waals surface area (Å²) in [6.07, 6.45) is 5.81. The summed E-state index contributed by atoms with van der Waals surface area (Å²) in [5.74, 6) is 0. The molecular formula is C15H30N2O2. The van der Waals surface area contributed by atoms with Crippen molar-refractivity contribution in [3.05, 3.63) is 0 Å². The Kier molecular flexibility index (Phi) is 6.63. The second-order valence-corrected chi connectivity index (χ2v) is 6.36. The van der Waals surface area contributed by atoms with Gasteiger partial charge in [0.15, 0.2) is 0 Å². The maximum Gasteiger partial charge on any atom is 0.410 e. The summed E-state index contributed by atoms with van der Waals surface area (Å²) in [6, 6.07) is 0.410. The van der Waals surface area contributed by atoms with Crippen LogP contribution in [0.4, 0.5) is 4.79 Å². The number of carbonyl (C=O) groups is 1. The van der Waals surface area contributed by atoms with E-state index in [1.54, 1.807) is 0 Å². The number of carbonyl (C=O) groups excluding carboxylic acids is 1. The lowest BCUT2D eigenvalue weighted by molar-refractivity contribution is 0.0236. The van der Waals surface area contributed by atoms with Gasteiger partial charge in [-0.25, -0.2) is 4.79 Å². The van der Waals surface area contributed by atoms with Crippen molar-refractivity contribution < 1.29 is 9.53 Å². The fourth-order valence-corrected chi connectivity index (χ4v) is 1.95. The fourth-order valence-electron chi connectivity index (χ4n) is 1.95. The van der Waals surface area contributed by atoms with Crippen LogP contribution in [0, 0.1) is 0 Å². The summed E-state index contributed by atoms with van der Waals surface area (Å²) < 4.78 is 5.46. The van der Waals surface area contributed by atoms with E-state index < -0.39 is 5.60 Å². The summed E-state index contributed by atoms with van der Waals surface area (Å²) in [5.41, 5.74) is -0.404. The lowest BCUT2D eigenvalue weighted by atomic mass is 10.2. The number of ether oxygens (including phenoxy) is 1. The molecule has 0 saturated heterocycles. The second-order valence-electron chi connectivity index (χ2n) is 6.36. The van der Waals surface area contributed by atoms with Gasteiger partial charge in [0, 0.05) is 19.1 Å². The van der Waals surface area contributed by atoms with E-state index in [1.165, 1.54) is 19.3 Å². The number of hydrogen-bond acceptors (Lipinski definition) is 3. The molecule has 0 aromatic rings. The van der Waals surface area contributed by atoms with Crippen molar-refractivity contribution in [2.75, 3.05) is 19.6 Å². The van der Waals surface area contributed by atoms with Gasteiger partial charge >= 0.3 is 6.09 Å². The SMILES string of the molecule is CCCCCNCCN(C(=O)OC(C)(C)C)C1CC1. The molecule has 0 radical (unpaired) electrons. The molecule has 1 saturated carbocycles. The maximum atomic E-state index is 12.1. The van der Waals surface area contributed by atoms with E-state index in [-0.39, 0.29) is 6.09 Å². The largest absolute Gasteiger partial charge is 0.444 e. The van der Waals surface area contributed by atoms with Gasteiger partial charge < -0.3 is 15.0 Å². The van der Waals surface area contributed by atoms with Crippen LogP contribution >= 0.6 is 0 Å². The molecule has 0 heterocycles. The lowest BCUT2D eigenvalue weighted by Crippen LogP contribution is -2.41. The first kappa shape index (κ1) is 16.3. The molecule has 0 aromatic carbocycles. The zero-order valence-electron chi connectivity index (χ0n) is 13.0. The van der Waals surface area contributed by atoms with Crippen molar-refractivity contribution in [3.63, 3.8) is 0 Å². The first-order valence-corrected chi connectivity index (χ1v) is 7.64. The van der Waals surface area contributed by atoms with E-state index in [0.717, 1.165) is 32.5 Å². The quantitative estimate of drug-likeness (QED) is 0.689. The number of hydrogen-bond donors (Lipinski definition) is 1. The first-order valence-electron chi connectivity index (χ1n) is 7.64. The smallest absolute Gasteiger partial charge is 0.410 e. The van der Waals surface area contributed by atoms with Gasteiger partial charge in [-0.1, -0.05) is 19.8 Å². The van der Waals surface area contributed by atoms with Crippen molar-refractivity contribution in [1.82, 2.24) is 10.2 Å². The Morgan fingerprint density at radius 1 is 1.26 bits per heavy atom. The van der Waals surface area contributed by atoms with Crippen molar-refractivity contribution in [2.45, 2.75) is 71.4 Å². The highest BCUT2D eigenvalue weighted by molar-refractivity contribution is 5.69. The van der Waals surface area contributed by atoms with Gasteiger partial charge in [-0.2, -0.15) is 0 Å². The number of nitrogens with one attached hydrogen (secondary N) is 1. The van der Waals surface area contributed by atoms with Gasteiger partial charge in [0.2, 0.25) is 0 Å². The van der Waals surface area contributed by atoms with Crippen LogP contribution in [0.2, 0.25) is 0 Å². The number of amides is 1. The van der Waals surface area contributed by atoms with Gasteiger partial charge in [0.05, 0.1) is 0 Å². The third kappa shape index (κ3) is 7.41. The van der Waals surface area contributed by atoms with E-state index in [4.69, 9.17) is 4.74 Å². The van der Waals surface area contributed by atoms with Crippen LogP contribution in [0.5, 0.6) is 0 Å². The number of rotatable bonds is 8. The fraction of sp³-hybridized carbons (Fsp3) is 0.933. The van der Waals surface area contributed by atoms with Gasteiger partial charge in [0.25, 0.3) is 0 Å². The van der Waals surface area contributed by atoms with Crippen molar-refractivity contribution >= 4 is 6.09 Å². The summed E-state index contributed by atoms with van der Waals surface area (Å²) in [6.45, 7) is 10.6. The molecule has 19 heavy (non-hydrogen) atoms. The normalized spacial score (nSPS) is 15.4. The average Bonchev–Trinajstić information content (AvgIpc) is 3.09. The highest BCUT2D eigenvalue weighted by atomic mass is 16.6. The van der Waals surface area contributed by atoms with Crippen molar-refractivity contribution in [2.24, 2.45) is 0 Å². The molecule has 0 unspecified atom stereocenters. The van der Waals surface area contributed by atoms with E-state index >= 15 is 0 Å². The maximum absolute atomic E-state index is 12.1. The van der Waals surface area contributed by atoms with Crippen LogP contribution in [0.15, 0.2) is 0 Å². The molecule has 1 amide bonds. The molecule has 4 nitrogen and oxygen atoms in total. The molecule has 0 aliphatic heterocycles. The molecule has 1 aliphatic rings. The molecule has 1 rings (SSSR count). The Morgan fingerprint density at radius 2 is 1.95 bits per heavy atom. The van der Waals surface area contributed by atoms with Crippen LogP contribution in [0.3, 0.4) is 0 Å². The highest BCUT2D eigenvalue weighted by Crippen LogP contribution is 2.27. The zero-order chi connectivity index (χ0) is 14.3.